The minimum absolute atomic E-state index is 0.367. The molecule has 0 aromatic carbocycles. The van der Waals surface area contributed by atoms with Crippen molar-refractivity contribution in [1.29, 1.82) is 0 Å². The van der Waals surface area contributed by atoms with E-state index in [1.807, 2.05) is 6.08 Å². The number of aromatic nitrogens is 2. The first-order valence-corrected chi connectivity index (χ1v) is 4.60. The van der Waals surface area contributed by atoms with E-state index in [4.69, 9.17) is 5.73 Å². The van der Waals surface area contributed by atoms with Gasteiger partial charge in [0.2, 0.25) is 0 Å². The zero-order chi connectivity index (χ0) is 10.6. The number of nitrogens with zero attached hydrogens (tertiary/aromatic N) is 3. The summed E-state index contributed by atoms with van der Waals surface area (Å²) in [7, 11) is 0. The van der Waals surface area contributed by atoms with Gasteiger partial charge in [0.25, 0.3) is 0 Å². The van der Waals surface area contributed by atoms with E-state index in [-0.39, 0.29) is 0 Å². The second-order valence-electron chi connectivity index (χ2n) is 3.33. The van der Waals surface area contributed by atoms with Gasteiger partial charge in [0.05, 0.1) is 12.4 Å². The Morgan fingerprint density at radius 1 is 1.50 bits per heavy atom. The standard InChI is InChI=1S/C10H16N4/c1-4-5-14(8(2)3)10-7-12-9(11)6-13-10/h4,6-8H,1,5H2,2-3H3,(H2,11,12). The van der Waals surface area contributed by atoms with E-state index in [1.165, 1.54) is 0 Å². The van der Waals surface area contributed by atoms with E-state index >= 15 is 0 Å². The molecule has 14 heavy (non-hydrogen) atoms. The highest BCUT2D eigenvalue weighted by Gasteiger charge is 2.09. The van der Waals surface area contributed by atoms with E-state index in [1.54, 1.807) is 12.4 Å². The molecule has 0 aliphatic rings. The van der Waals surface area contributed by atoms with Crippen LogP contribution in [0.3, 0.4) is 0 Å². The van der Waals surface area contributed by atoms with Gasteiger partial charge in [-0.2, -0.15) is 0 Å². The van der Waals surface area contributed by atoms with Crippen LogP contribution in [-0.2, 0) is 0 Å². The average molecular weight is 192 g/mol. The zero-order valence-electron chi connectivity index (χ0n) is 8.64. The highest BCUT2D eigenvalue weighted by Crippen LogP contribution is 2.12. The maximum atomic E-state index is 5.46. The number of hydrogen-bond acceptors (Lipinski definition) is 4. The van der Waals surface area contributed by atoms with Crippen molar-refractivity contribution in [3.63, 3.8) is 0 Å². The Morgan fingerprint density at radius 3 is 2.64 bits per heavy atom. The van der Waals surface area contributed by atoms with Gasteiger partial charge in [-0.25, -0.2) is 9.97 Å². The Hall–Kier alpha value is -1.58. The van der Waals surface area contributed by atoms with Crippen molar-refractivity contribution in [2.24, 2.45) is 0 Å². The van der Waals surface area contributed by atoms with Crippen LogP contribution in [0.25, 0.3) is 0 Å². The van der Waals surface area contributed by atoms with Crippen molar-refractivity contribution in [1.82, 2.24) is 9.97 Å². The topological polar surface area (TPSA) is 55.0 Å². The van der Waals surface area contributed by atoms with Crippen molar-refractivity contribution in [3.05, 3.63) is 25.0 Å². The molecular formula is C10H16N4. The third-order valence-electron chi connectivity index (χ3n) is 1.90. The lowest BCUT2D eigenvalue weighted by Gasteiger charge is -2.25. The fourth-order valence-electron chi connectivity index (χ4n) is 1.19. The van der Waals surface area contributed by atoms with Crippen LogP contribution in [0.15, 0.2) is 25.0 Å². The molecular weight excluding hydrogens is 176 g/mol. The fourth-order valence-corrected chi connectivity index (χ4v) is 1.19. The second kappa shape index (κ2) is 4.60. The number of hydrogen-bond donors (Lipinski definition) is 1. The minimum atomic E-state index is 0.367. The van der Waals surface area contributed by atoms with Crippen LogP contribution in [0.2, 0.25) is 0 Å². The van der Waals surface area contributed by atoms with E-state index in [9.17, 15) is 0 Å². The molecule has 0 saturated carbocycles. The summed E-state index contributed by atoms with van der Waals surface area (Å²) in [4.78, 5) is 10.3. The largest absolute Gasteiger partial charge is 0.382 e. The first-order valence-electron chi connectivity index (χ1n) is 4.60. The van der Waals surface area contributed by atoms with Crippen LogP contribution in [0.5, 0.6) is 0 Å². The Bertz CT molecular complexity index is 291. The fraction of sp³-hybridized carbons (Fsp3) is 0.400. The molecule has 4 nitrogen and oxygen atoms in total. The number of rotatable bonds is 4. The maximum absolute atomic E-state index is 5.46. The van der Waals surface area contributed by atoms with Gasteiger partial charge in [0.1, 0.15) is 11.6 Å². The smallest absolute Gasteiger partial charge is 0.147 e. The molecule has 76 valence electrons. The Kier molecular flexibility index (Phi) is 3.45. The molecule has 1 aromatic rings. The van der Waals surface area contributed by atoms with Crippen LogP contribution in [0.1, 0.15) is 13.8 Å². The van der Waals surface area contributed by atoms with E-state index in [0.29, 0.717) is 11.9 Å². The van der Waals surface area contributed by atoms with E-state index < -0.39 is 0 Å². The van der Waals surface area contributed by atoms with Gasteiger partial charge in [-0.05, 0) is 13.8 Å². The van der Waals surface area contributed by atoms with E-state index in [2.05, 4.69) is 35.3 Å². The SMILES string of the molecule is C=CCN(c1cnc(N)cn1)C(C)C. The lowest BCUT2D eigenvalue weighted by atomic mass is 10.3. The second-order valence-corrected chi connectivity index (χ2v) is 3.33. The number of anilines is 2. The molecule has 0 aliphatic heterocycles. The van der Waals surface area contributed by atoms with Crippen molar-refractivity contribution in [2.75, 3.05) is 17.2 Å². The van der Waals surface area contributed by atoms with Gasteiger partial charge >= 0.3 is 0 Å². The van der Waals surface area contributed by atoms with Crippen LogP contribution in [0, 0.1) is 0 Å². The molecule has 0 atom stereocenters. The van der Waals surface area contributed by atoms with E-state index in [0.717, 1.165) is 12.4 Å². The third kappa shape index (κ3) is 2.45. The molecule has 0 fully saturated rings. The molecule has 2 N–H and O–H groups in total. The Labute approximate surface area is 84.5 Å². The highest BCUT2D eigenvalue weighted by molar-refractivity contribution is 5.40. The Morgan fingerprint density at radius 2 is 2.21 bits per heavy atom. The molecule has 0 spiro atoms. The number of nitrogens with two attached hydrogens (primary N) is 1. The molecule has 0 radical (unpaired) electrons. The first-order chi connectivity index (χ1) is 6.65. The first kappa shape index (κ1) is 10.5. The maximum Gasteiger partial charge on any atom is 0.147 e. The lowest BCUT2D eigenvalue weighted by Crippen LogP contribution is -2.31. The quantitative estimate of drug-likeness (QED) is 0.734. The Balaban J connectivity index is 2.87. The third-order valence-corrected chi connectivity index (χ3v) is 1.90. The van der Waals surface area contributed by atoms with Crippen molar-refractivity contribution < 1.29 is 0 Å². The summed E-state index contributed by atoms with van der Waals surface area (Å²) < 4.78 is 0. The summed E-state index contributed by atoms with van der Waals surface area (Å²) >= 11 is 0. The predicted octanol–water partition coefficient (Wildman–Crippen LogP) is 1.46. The van der Waals surface area contributed by atoms with Crippen LogP contribution < -0.4 is 10.6 Å². The van der Waals surface area contributed by atoms with Gasteiger partial charge in [-0.3, -0.25) is 0 Å². The van der Waals surface area contributed by atoms with Crippen LogP contribution >= 0.6 is 0 Å². The highest BCUT2D eigenvalue weighted by atomic mass is 15.2. The van der Waals surface area contributed by atoms with Gasteiger partial charge in [-0.1, -0.05) is 6.08 Å². The molecule has 0 aliphatic carbocycles. The monoisotopic (exact) mass is 192 g/mol. The summed E-state index contributed by atoms with van der Waals surface area (Å²) in [5.74, 6) is 1.27. The molecule has 0 amide bonds. The van der Waals surface area contributed by atoms with Gasteiger partial charge < -0.3 is 10.6 Å². The van der Waals surface area contributed by atoms with Crippen molar-refractivity contribution in [2.45, 2.75) is 19.9 Å². The lowest BCUT2D eigenvalue weighted by molar-refractivity contribution is 0.710. The number of nitrogen functional groups attached to an aromatic ring is 1. The molecule has 0 unspecified atom stereocenters. The summed E-state index contributed by atoms with van der Waals surface area (Å²) in [5.41, 5.74) is 5.46. The molecule has 1 rings (SSSR count). The molecule has 1 heterocycles. The molecule has 1 aromatic heterocycles. The average Bonchev–Trinajstić information content (AvgIpc) is 2.15. The summed E-state index contributed by atoms with van der Waals surface area (Å²) in [6.45, 7) is 8.67. The van der Waals surface area contributed by atoms with Crippen LogP contribution in [0.4, 0.5) is 11.6 Å². The van der Waals surface area contributed by atoms with Gasteiger partial charge in [-0.15, -0.1) is 6.58 Å². The van der Waals surface area contributed by atoms with Crippen LogP contribution in [-0.4, -0.2) is 22.6 Å². The van der Waals surface area contributed by atoms with Gasteiger partial charge in [0.15, 0.2) is 0 Å². The normalized spacial score (nSPS) is 10.2. The summed E-state index contributed by atoms with van der Waals surface area (Å²) in [5, 5.41) is 0. The minimum Gasteiger partial charge on any atom is -0.382 e. The summed E-state index contributed by atoms with van der Waals surface area (Å²) in [6, 6.07) is 0.367. The summed E-state index contributed by atoms with van der Waals surface area (Å²) in [6.07, 6.45) is 5.09. The zero-order valence-corrected chi connectivity index (χ0v) is 8.64. The molecule has 4 heteroatoms. The van der Waals surface area contributed by atoms with Crippen molar-refractivity contribution in [3.8, 4) is 0 Å². The van der Waals surface area contributed by atoms with Gasteiger partial charge in [0, 0.05) is 12.6 Å². The molecule has 0 saturated heterocycles. The predicted molar refractivity (Wildman–Crippen MR) is 59.1 cm³/mol. The molecule has 0 bridgehead atoms. The van der Waals surface area contributed by atoms with Crippen molar-refractivity contribution >= 4 is 11.6 Å².